The summed E-state index contributed by atoms with van der Waals surface area (Å²) >= 11 is 0. The lowest BCUT2D eigenvalue weighted by Crippen LogP contribution is -2.37. The van der Waals surface area contributed by atoms with E-state index in [1.807, 2.05) is 0 Å². The first kappa shape index (κ1) is 8.98. The molecule has 2 unspecified atom stereocenters. The molecular formula is C12H18O. The summed E-state index contributed by atoms with van der Waals surface area (Å²) in [7, 11) is 0. The van der Waals surface area contributed by atoms with Crippen LogP contribution in [0.15, 0.2) is 11.6 Å². The van der Waals surface area contributed by atoms with Gasteiger partial charge in [-0.25, -0.2) is 0 Å². The van der Waals surface area contributed by atoms with Gasteiger partial charge in [0.25, 0.3) is 0 Å². The number of carbonyl (C=O) groups is 1. The quantitative estimate of drug-likeness (QED) is 0.521. The number of rotatable bonds is 0. The van der Waals surface area contributed by atoms with Gasteiger partial charge in [-0.2, -0.15) is 0 Å². The maximum absolute atomic E-state index is 11.9. The smallest absolute Gasteiger partial charge is 0.143 e. The molecule has 1 nitrogen and oxygen atoms in total. The molecule has 72 valence electrons. The fraction of sp³-hybridized carbons (Fsp3) is 0.750. The molecule has 0 heterocycles. The van der Waals surface area contributed by atoms with Crippen LogP contribution in [0.4, 0.5) is 0 Å². The summed E-state index contributed by atoms with van der Waals surface area (Å²) in [5, 5.41) is 0. The van der Waals surface area contributed by atoms with E-state index in [2.05, 4.69) is 19.9 Å². The van der Waals surface area contributed by atoms with Gasteiger partial charge in [-0.3, -0.25) is 4.79 Å². The Labute approximate surface area is 80.2 Å². The fourth-order valence-electron chi connectivity index (χ4n) is 2.93. The lowest BCUT2D eigenvalue weighted by molar-refractivity contribution is -0.131. The molecule has 0 N–H and O–H groups in total. The molecule has 1 spiro atoms. The molecule has 2 aliphatic rings. The van der Waals surface area contributed by atoms with Crippen molar-refractivity contribution in [1.29, 1.82) is 0 Å². The minimum atomic E-state index is -0.0394. The lowest BCUT2D eigenvalue weighted by atomic mass is 9.66. The molecule has 2 atom stereocenters. The van der Waals surface area contributed by atoms with Crippen LogP contribution >= 0.6 is 0 Å². The predicted molar refractivity (Wildman–Crippen MR) is 53.4 cm³/mol. The highest BCUT2D eigenvalue weighted by molar-refractivity contribution is 5.88. The zero-order valence-electron chi connectivity index (χ0n) is 8.60. The normalized spacial score (nSPS) is 39.7. The summed E-state index contributed by atoms with van der Waals surface area (Å²) in [6.07, 6.45) is 7.63. The first-order valence-electron chi connectivity index (χ1n) is 5.37. The van der Waals surface area contributed by atoms with Crippen molar-refractivity contribution in [1.82, 2.24) is 0 Å². The molecule has 2 aliphatic carbocycles. The monoisotopic (exact) mass is 178 g/mol. The number of hydrogen-bond acceptors (Lipinski definition) is 1. The number of hydrogen-bond donors (Lipinski definition) is 0. The van der Waals surface area contributed by atoms with Crippen molar-refractivity contribution < 1.29 is 4.79 Å². The van der Waals surface area contributed by atoms with E-state index in [1.54, 1.807) is 0 Å². The Bertz CT molecular complexity index is 264. The van der Waals surface area contributed by atoms with E-state index in [4.69, 9.17) is 0 Å². The van der Waals surface area contributed by atoms with Gasteiger partial charge in [0, 0.05) is 11.8 Å². The average Bonchev–Trinajstić information content (AvgIpc) is 2.46. The van der Waals surface area contributed by atoms with Gasteiger partial charge in [-0.1, -0.05) is 18.6 Å². The molecule has 0 aromatic heterocycles. The number of Topliss-reactive ketones (excluding diaryl/α,β-unsaturated/α-hetero) is 1. The first-order chi connectivity index (χ1) is 6.15. The van der Waals surface area contributed by atoms with E-state index in [1.165, 1.54) is 12.0 Å². The summed E-state index contributed by atoms with van der Waals surface area (Å²) in [6, 6.07) is 0. The van der Waals surface area contributed by atoms with Crippen LogP contribution in [-0.4, -0.2) is 5.78 Å². The van der Waals surface area contributed by atoms with Gasteiger partial charge < -0.3 is 0 Å². The van der Waals surface area contributed by atoms with Crippen molar-refractivity contribution in [3.63, 3.8) is 0 Å². The van der Waals surface area contributed by atoms with E-state index in [0.717, 1.165) is 25.7 Å². The van der Waals surface area contributed by atoms with Crippen molar-refractivity contribution >= 4 is 5.78 Å². The molecule has 1 heteroatoms. The van der Waals surface area contributed by atoms with Crippen molar-refractivity contribution in [3.05, 3.63) is 11.6 Å². The maximum atomic E-state index is 11.9. The van der Waals surface area contributed by atoms with Crippen LogP contribution in [0, 0.1) is 11.3 Å². The number of ketones is 1. The molecule has 0 aromatic rings. The van der Waals surface area contributed by atoms with Crippen LogP contribution in [0.3, 0.4) is 0 Å². The topological polar surface area (TPSA) is 17.1 Å². The van der Waals surface area contributed by atoms with E-state index in [-0.39, 0.29) is 5.41 Å². The molecule has 0 saturated heterocycles. The SMILES string of the molecule is CC1=CC2(CC1)C(=O)CCCC2C. The Morgan fingerprint density at radius 3 is 2.77 bits per heavy atom. The maximum Gasteiger partial charge on any atom is 0.143 e. The van der Waals surface area contributed by atoms with Crippen LogP contribution < -0.4 is 0 Å². The third kappa shape index (κ3) is 1.25. The van der Waals surface area contributed by atoms with Crippen LogP contribution in [0.1, 0.15) is 46.0 Å². The van der Waals surface area contributed by atoms with E-state index >= 15 is 0 Å². The van der Waals surface area contributed by atoms with Crippen LogP contribution in [0.2, 0.25) is 0 Å². The largest absolute Gasteiger partial charge is 0.299 e. The van der Waals surface area contributed by atoms with Crippen LogP contribution in [0.5, 0.6) is 0 Å². The van der Waals surface area contributed by atoms with E-state index < -0.39 is 0 Å². The Morgan fingerprint density at radius 1 is 1.46 bits per heavy atom. The predicted octanol–water partition coefficient (Wildman–Crippen LogP) is 3.10. The standard InChI is InChI=1S/C12H18O/c1-9-6-7-12(8-9)10(2)4-3-5-11(12)13/h8,10H,3-7H2,1-2H3. The molecule has 0 radical (unpaired) electrons. The molecule has 1 saturated carbocycles. The highest BCUT2D eigenvalue weighted by atomic mass is 16.1. The Kier molecular flexibility index (Phi) is 2.05. The molecule has 2 rings (SSSR count). The van der Waals surface area contributed by atoms with Crippen molar-refractivity contribution in [2.75, 3.05) is 0 Å². The molecule has 0 amide bonds. The summed E-state index contributed by atoms with van der Waals surface area (Å²) in [5.41, 5.74) is 1.38. The molecule has 0 aromatic carbocycles. The zero-order chi connectivity index (χ0) is 9.47. The summed E-state index contributed by atoms with van der Waals surface area (Å²) in [6.45, 7) is 4.40. The molecule has 0 bridgehead atoms. The zero-order valence-corrected chi connectivity index (χ0v) is 8.60. The minimum Gasteiger partial charge on any atom is -0.299 e. The van der Waals surface area contributed by atoms with Crippen LogP contribution in [-0.2, 0) is 4.79 Å². The molecule has 1 fully saturated rings. The van der Waals surface area contributed by atoms with E-state index in [9.17, 15) is 4.79 Å². The van der Waals surface area contributed by atoms with Gasteiger partial charge in [0.05, 0.1) is 0 Å². The second-order valence-electron chi connectivity index (χ2n) is 4.75. The van der Waals surface area contributed by atoms with E-state index in [0.29, 0.717) is 11.7 Å². The highest BCUT2D eigenvalue weighted by Crippen LogP contribution is 2.48. The second kappa shape index (κ2) is 2.97. The Balaban J connectivity index is 2.32. The number of carbonyl (C=O) groups excluding carboxylic acids is 1. The van der Waals surface area contributed by atoms with Crippen molar-refractivity contribution in [2.24, 2.45) is 11.3 Å². The van der Waals surface area contributed by atoms with Crippen molar-refractivity contribution in [3.8, 4) is 0 Å². The fourth-order valence-corrected chi connectivity index (χ4v) is 2.93. The molecule has 0 aliphatic heterocycles. The number of allylic oxidation sites excluding steroid dienone is 2. The van der Waals surface area contributed by atoms with Gasteiger partial charge in [0.15, 0.2) is 0 Å². The van der Waals surface area contributed by atoms with Gasteiger partial charge in [-0.05, 0) is 38.5 Å². The average molecular weight is 178 g/mol. The second-order valence-corrected chi connectivity index (χ2v) is 4.75. The third-order valence-corrected chi connectivity index (χ3v) is 3.88. The van der Waals surface area contributed by atoms with Crippen LogP contribution in [0.25, 0.3) is 0 Å². The summed E-state index contributed by atoms with van der Waals surface area (Å²) in [5.74, 6) is 1.08. The van der Waals surface area contributed by atoms with Gasteiger partial charge in [-0.15, -0.1) is 0 Å². The highest BCUT2D eigenvalue weighted by Gasteiger charge is 2.45. The lowest BCUT2D eigenvalue weighted by Gasteiger charge is -2.36. The van der Waals surface area contributed by atoms with Crippen molar-refractivity contribution in [2.45, 2.75) is 46.0 Å². The molecule has 13 heavy (non-hydrogen) atoms. The van der Waals surface area contributed by atoms with Gasteiger partial charge >= 0.3 is 0 Å². The first-order valence-corrected chi connectivity index (χ1v) is 5.37. The summed E-state index contributed by atoms with van der Waals surface area (Å²) < 4.78 is 0. The third-order valence-electron chi connectivity index (χ3n) is 3.88. The molecular weight excluding hydrogens is 160 g/mol. The minimum absolute atomic E-state index is 0.0394. The Morgan fingerprint density at radius 2 is 2.23 bits per heavy atom. The summed E-state index contributed by atoms with van der Waals surface area (Å²) in [4.78, 5) is 11.9. The van der Waals surface area contributed by atoms with Gasteiger partial charge in [0.2, 0.25) is 0 Å². The van der Waals surface area contributed by atoms with Gasteiger partial charge in [0.1, 0.15) is 5.78 Å². The Hall–Kier alpha value is -0.590.